The van der Waals surface area contributed by atoms with Crippen LogP contribution in [0.2, 0.25) is 0 Å². The number of hydrogen-bond donors (Lipinski definition) is 2. The van der Waals surface area contributed by atoms with E-state index in [4.69, 9.17) is 5.73 Å². The highest BCUT2D eigenvalue weighted by Crippen LogP contribution is 2.01. The van der Waals surface area contributed by atoms with Crippen LogP contribution in [-0.4, -0.2) is 19.0 Å². The second kappa shape index (κ2) is 6.79. The average Bonchev–Trinajstić information content (AvgIpc) is 2.17. The molecule has 3 N–H and O–H groups in total. The van der Waals surface area contributed by atoms with Gasteiger partial charge < -0.3 is 11.1 Å². The molecule has 1 aliphatic carbocycles. The molecule has 0 saturated carbocycles. The summed E-state index contributed by atoms with van der Waals surface area (Å²) in [5.41, 5.74) is 6.00. The fourth-order valence-corrected chi connectivity index (χ4v) is 1.12. The van der Waals surface area contributed by atoms with Crippen LogP contribution in [0.1, 0.15) is 6.42 Å². The molecule has 15 heavy (non-hydrogen) atoms. The van der Waals surface area contributed by atoms with Gasteiger partial charge in [-0.3, -0.25) is 4.79 Å². The Kier molecular flexibility index (Phi) is 5.19. The Morgan fingerprint density at radius 3 is 2.73 bits per heavy atom. The van der Waals surface area contributed by atoms with Gasteiger partial charge in [-0.05, 0) is 25.1 Å². The van der Waals surface area contributed by atoms with Crippen molar-refractivity contribution in [3.63, 3.8) is 0 Å². The van der Waals surface area contributed by atoms with Gasteiger partial charge in [-0.15, -0.1) is 0 Å². The first kappa shape index (κ1) is 11.5. The molecule has 0 aromatic heterocycles. The van der Waals surface area contributed by atoms with Gasteiger partial charge in [0.2, 0.25) is 0 Å². The van der Waals surface area contributed by atoms with E-state index < -0.39 is 0 Å². The Hall–Kier alpha value is -1.61. The van der Waals surface area contributed by atoms with Gasteiger partial charge in [0.05, 0.1) is 0 Å². The Labute approximate surface area is 90.0 Å². The highest BCUT2D eigenvalue weighted by molar-refractivity contribution is 5.96. The van der Waals surface area contributed by atoms with Crippen molar-refractivity contribution in [3.8, 4) is 0 Å². The van der Waals surface area contributed by atoms with Gasteiger partial charge >= 0.3 is 0 Å². The average molecular weight is 204 g/mol. The van der Waals surface area contributed by atoms with Crippen molar-refractivity contribution in [3.05, 3.63) is 48.1 Å². The molecular formula is C12H16N2O. The second-order valence-corrected chi connectivity index (χ2v) is 3.15. The molecule has 80 valence electrons. The molecule has 0 bridgehead atoms. The molecule has 0 saturated heterocycles. The minimum atomic E-state index is -0.0559. The van der Waals surface area contributed by atoms with E-state index in [9.17, 15) is 4.79 Å². The summed E-state index contributed by atoms with van der Waals surface area (Å²) in [7, 11) is 0. The predicted molar refractivity (Wildman–Crippen MR) is 62.2 cm³/mol. The monoisotopic (exact) mass is 204 g/mol. The molecule has 0 aromatic rings. The number of carbonyl (C=O) groups is 1. The SMILES string of the molecule is NCCCNC(=O)C1=CC=CC=CC=C1. The zero-order chi connectivity index (χ0) is 10.9. The Morgan fingerprint density at radius 1 is 1.20 bits per heavy atom. The molecule has 0 radical (unpaired) electrons. The first-order valence-electron chi connectivity index (χ1n) is 5.04. The van der Waals surface area contributed by atoms with E-state index in [1.54, 1.807) is 12.2 Å². The van der Waals surface area contributed by atoms with Crippen molar-refractivity contribution in [1.82, 2.24) is 5.32 Å². The summed E-state index contributed by atoms with van der Waals surface area (Å²) in [6.45, 7) is 1.22. The second-order valence-electron chi connectivity index (χ2n) is 3.15. The minimum absolute atomic E-state index is 0.0559. The largest absolute Gasteiger partial charge is 0.352 e. The van der Waals surface area contributed by atoms with Gasteiger partial charge in [0.25, 0.3) is 5.91 Å². The highest BCUT2D eigenvalue weighted by atomic mass is 16.1. The van der Waals surface area contributed by atoms with Gasteiger partial charge in [0.1, 0.15) is 0 Å². The van der Waals surface area contributed by atoms with E-state index in [-0.39, 0.29) is 5.91 Å². The lowest BCUT2D eigenvalue weighted by Gasteiger charge is -2.04. The molecule has 1 amide bonds. The lowest BCUT2D eigenvalue weighted by Crippen LogP contribution is -2.26. The smallest absolute Gasteiger partial charge is 0.251 e. The summed E-state index contributed by atoms with van der Waals surface area (Å²) in [5, 5.41) is 2.81. The van der Waals surface area contributed by atoms with Crippen LogP contribution >= 0.6 is 0 Å². The standard InChI is InChI=1S/C12H16N2O/c13-9-6-10-14-12(15)11-7-4-2-1-3-5-8-11/h1-5,7-8H,6,9-10,13H2,(H,14,15). The summed E-state index contributed by atoms with van der Waals surface area (Å²) in [6.07, 6.45) is 13.8. The fraction of sp³-hybridized carbons (Fsp3) is 0.250. The van der Waals surface area contributed by atoms with Crippen molar-refractivity contribution in [1.29, 1.82) is 0 Å². The van der Waals surface area contributed by atoms with Crippen LogP contribution in [0.25, 0.3) is 0 Å². The molecule has 1 aliphatic rings. The van der Waals surface area contributed by atoms with Gasteiger partial charge in [-0.1, -0.05) is 30.4 Å². The number of carbonyl (C=O) groups excluding carboxylic acids is 1. The van der Waals surface area contributed by atoms with Crippen LogP contribution in [0, 0.1) is 0 Å². The molecule has 0 aromatic carbocycles. The minimum Gasteiger partial charge on any atom is -0.352 e. The predicted octanol–water partition coefficient (Wildman–Crippen LogP) is 1.06. The maximum atomic E-state index is 11.6. The third-order valence-corrected chi connectivity index (χ3v) is 1.92. The molecular weight excluding hydrogens is 188 g/mol. The third-order valence-electron chi connectivity index (χ3n) is 1.92. The van der Waals surface area contributed by atoms with Gasteiger partial charge in [0.15, 0.2) is 0 Å². The van der Waals surface area contributed by atoms with Crippen molar-refractivity contribution < 1.29 is 4.79 Å². The fourth-order valence-electron chi connectivity index (χ4n) is 1.12. The first-order valence-corrected chi connectivity index (χ1v) is 5.04. The van der Waals surface area contributed by atoms with Crippen molar-refractivity contribution in [2.24, 2.45) is 5.73 Å². The van der Waals surface area contributed by atoms with E-state index in [0.717, 1.165) is 6.42 Å². The number of nitrogens with two attached hydrogens (primary N) is 1. The summed E-state index contributed by atoms with van der Waals surface area (Å²) in [6, 6.07) is 0. The molecule has 3 nitrogen and oxygen atoms in total. The number of amides is 1. The molecule has 0 fully saturated rings. The number of rotatable bonds is 4. The van der Waals surface area contributed by atoms with Crippen molar-refractivity contribution >= 4 is 5.91 Å². The maximum absolute atomic E-state index is 11.6. The van der Waals surface area contributed by atoms with Crippen molar-refractivity contribution in [2.45, 2.75) is 6.42 Å². The summed E-state index contributed by atoms with van der Waals surface area (Å²) >= 11 is 0. The quantitative estimate of drug-likeness (QED) is 0.673. The van der Waals surface area contributed by atoms with Crippen LogP contribution in [0.3, 0.4) is 0 Å². The first-order chi connectivity index (χ1) is 7.34. The molecule has 3 heteroatoms. The lowest BCUT2D eigenvalue weighted by molar-refractivity contribution is -0.117. The zero-order valence-electron chi connectivity index (χ0n) is 8.65. The topological polar surface area (TPSA) is 55.1 Å². The Morgan fingerprint density at radius 2 is 1.93 bits per heavy atom. The van der Waals surface area contributed by atoms with Crippen LogP contribution in [-0.2, 0) is 4.79 Å². The van der Waals surface area contributed by atoms with Gasteiger partial charge in [-0.25, -0.2) is 0 Å². The molecule has 0 unspecified atom stereocenters. The third kappa shape index (κ3) is 4.42. The van der Waals surface area contributed by atoms with E-state index in [1.807, 2.05) is 30.4 Å². The highest BCUT2D eigenvalue weighted by Gasteiger charge is 2.03. The van der Waals surface area contributed by atoms with Crippen LogP contribution in [0.4, 0.5) is 0 Å². The zero-order valence-corrected chi connectivity index (χ0v) is 8.65. The van der Waals surface area contributed by atoms with E-state index in [2.05, 4.69) is 5.32 Å². The Bertz CT molecular complexity index is 325. The number of nitrogens with one attached hydrogen (secondary N) is 1. The van der Waals surface area contributed by atoms with E-state index in [0.29, 0.717) is 18.7 Å². The summed E-state index contributed by atoms with van der Waals surface area (Å²) in [5.74, 6) is -0.0559. The number of hydrogen-bond acceptors (Lipinski definition) is 2. The number of allylic oxidation sites excluding steroid dienone is 6. The normalized spacial score (nSPS) is 14.3. The van der Waals surface area contributed by atoms with Crippen LogP contribution < -0.4 is 11.1 Å². The van der Waals surface area contributed by atoms with Crippen LogP contribution in [0.5, 0.6) is 0 Å². The molecule has 0 heterocycles. The van der Waals surface area contributed by atoms with Gasteiger partial charge in [0, 0.05) is 12.1 Å². The van der Waals surface area contributed by atoms with E-state index in [1.165, 1.54) is 0 Å². The van der Waals surface area contributed by atoms with Crippen molar-refractivity contribution in [2.75, 3.05) is 13.1 Å². The van der Waals surface area contributed by atoms with E-state index >= 15 is 0 Å². The molecule has 1 rings (SSSR count). The lowest BCUT2D eigenvalue weighted by atomic mass is 10.1. The molecule has 0 atom stereocenters. The maximum Gasteiger partial charge on any atom is 0.251 e. The molecule has 0 spiro atoms. The molecule has 0 aliphatic heterocycles. The summed E-state index contributed by atoms with van der Waals surface area (Å²) in [4.78, 5) is 11.6. The van der Waals surface area contributed by atoms with Crippen LogP contribution in [0.15, 0.2) is 48.1 Å². The van der Waals surface area contributed by atoms with Gasteiger partial charge in [-0.2, -0.15) is 0 Å². The summed E-state index contributed by atoms with van der Waals surface area (Å²) < 4.78 is 0. The Balaban J connectivity index is 2.51.